The summed E-state index contributed by atoms with van der Waals surface area (Å²) >= 11 is 0. The summed E-state index contributed by atoms with van der Waals surface area (Å²) in [5.41, 5.74) is 5.77. The molecule has 4 aromatic carbocycles. The lowest BCUT2D eigenvalue weighted by molar-refractivity contribution is -0.137. The number of carboxylic acids is 1. The fraction of sp³-hybridized carbons (Fsp3) is 0.333. The molecule has 1 aliphatic rings. The molecule has 0 unspecified atom stereocenters. The molecule has 5 aromatic rings. The molecule has 244 valence electrons. The highest BCUT2D eigenvalue weighted by Crippen LogP contribution is 2.37. The molecule has 8 heteroatoms. The Labute approximate surface area is 273 Å². The number of rotatable bonds is 8. The molecular weight excluding hydrogens is 599 g/mol. The lowest BCUT2D eigenvalue weighted by atomic mass is 9.87. The van der Waals surface area contributed by atoms with E-state index in [0.717, 1.165) is 59.9 Å². The molecule has 6 rings (SSSR count). The SMILES string of the molecule is CC(C)(C)c1ccc(N(Cc2ccc(-c3nc4cc(C(=O)O)ccc4n3C3CCCCC3)cc2)Cc2cccc(C(F)(F)F)c2)cc1. The molecule has 1 fully saturated rings. The molecule has 0 amide bonds. The quantitative estimate of drug-likeness (QED) is 0.184. The number of anilines is 1. The summed E-state index contributed by atoms with van der Waals surface area (Å²) in [5, 5.41) is 9.57. The molecule has 1 aliphatic carbocycles. The van der Waals surface area contributed by atoms with Crippen molar-refractivity contribution in [3.63, 3.8) is 0 Å². The highest BCUT2D eigenvalue weighted by atomic mass is 19.4. The largest absolute Gasteiger partial charge is 0.478 e. The molecule has 0 atom stereocenters. The van der Waals surface area contributed by atoms with E-state index < -0.39 is 17.7 Å². The number of halogens is 3. The number of carboxylic acid groups (broad SMARTS) is 1. The maximum atomic E-state index is 13.5. The van der Waals surface area contributed by atoms with Crippen molar-refractivity contribution < 1.29 is 23.1 Å². The third kappa shape index (κ3) is 7.22. The van der Waals surface area contributed by atoms with Gasteiger partial charge >= 0.3 is 12.1 Å². The first-order valence-electron chi connectivity index (χ1n) is 16.2. The summed E-state index contributed by atoms with van der Waals surface area (Å²) in [6, 6.07) is 27.4. The number of hydrogen-bond acceptors (Lipinski definition) is 3. The van der Waals surface area contributed by atoms with E-state index in [1.54, 1.807) is 18.2 Å². The minimum Gasteiger partial charge on any atom is -0.478 e. The highest BCUT2D eigenvalue weighted by Gasteiger charge is 2.30. The Kier molecular flexibility index (Phi) is 8.88. The second kappa shape index (κ2) is 12.9. The van der Waals surface area contributed by atoms with Gasteiger partial charge in [0, 0.05) is 30.4 Å². The van der Waals surface area contributed by atoms with E-state index in [-0.39, 0.29) is 17.0 Å². The van der Waals surface area contributed by atoms with Crippen molar-refractivity contribution in [2.75, 3.05) is 4.90 Å². The highest BCUT2D eigenvalue weighted by molar-refractivity contribution is 5.93. The van der Waals surface area contributed by atoms with Gasteiger partial charge in [-0.05, 0) is 77.4 Å². The monoisotopic (exact) mass is 639 g/mol. The van der Waals surface area contributed by atoms with Crippen LogP contribution >= 0.6 is 0 Å². The molecule has 0 aliphatic heterocycles. The smallest absolute Gasteiger partial charge is 0.416 e. The summed E-state index contributed by atoms with van der Waals surface area (Å²) in [5.74, 6) is -0.160. The predicted octanol–water partition coefficient (Wildman–Crippen LogP) is 10.4. The Morgan fingerprint density at radius 3 is 2.15 bits per heavy atom. The first-order chi connectivity index (χ1) is 22.4. The van der Waals surface area contributed by atoms with E-state index in [1.165, 1.54) is 24.1 Å². The van der Waals surface area contributed by atoms with Crippen LogP contribution in [0.25, 0.3) is 22.4 Å². The van der Waals surface area contributed by atoms with E-state index in [2.05, 4.69) is 42.4 Å². The Morgan fingerprint density at radius 1 is 0.830 bits per heavy atom. The van der Waals surface area contributed by atoms with Crippen LogP contribution in [0.4, 0.5) is 18.9 Å². The zero-order valence-electron chi connectivity index (χ0n) is 27.0. The van der Waals surface area contributed by atoms with E-state index in [0.29, 0.717) is 24.2 Å². The first kappa shape index (κ1) is 32.4. The first-order valence-corrected chi connectivity index (χ1v) is 16.2. The molecule has 1 N–H and O–H groups in total. The third-order valence-corrected chi connectivity index (χ3v) is 9.19. The van der Waals surface area contributed by atoms with Gasteiger partial charge < -0.3 is 14.6 Å². The summed E-state index contributed by atoms with van der Waals surface area (Å²) in [6.07, 6.45) is 1.20. The van der Waals surface area contributed by atoms with E-state index in [1.807, 2.05) is 42.5 Å². The summed E-state index contributed by atoms with van der Waals surface area (Å²) < 4.78 is 42.9. The lowest BCUT2D eigenvalue weighted by Gasteiger charge is -2.27. The Bertz CT molecular complexity index is 1860. The lowest BCUT2D eigenvalue weighted by Crippen LogP contribution is -2.23. The van der Waals surface area contributed by atoms with E-state index >= 15 is 0 Å². The molecule has 1 aromatic heterocycles. The van der Waals surface area contributed by atoms with E-state index in [4.69, 9.17) is 4.98 Å². The van der Waals surface area contributed by atoms with Gasteiger partial charge in [0.2, 0.25) is 0 Å². The number of imidazole rings is 1. The topological polar surface area (TPSA) is 58.4 Å². The zero-order chi connectivity index (χ0) is 33.3. The minimum absolute atomic E-state index is 0.0243. The van der Waals surface area contributed by atoms with Gasteiger partial charge in [-0.25, -0.2) is 9.78 Å². The van der Waals surface area contributed by atoms with Crippen molar-refractivity contribution >= 4 is 22.7 Å². The van der Waals surface area contributed by atoms with Crippen molar-refractivity contribution in [2.24, 2.45) is 0 Å². The number of carbonyl (C=O) groups is 1. The molecule has 0 saturated heterocycles. The summed E-state index contributed by atoms with van der Waals surface area (Å²) in [4.78, 5) is 18.7. The number of aromatic carboxylic acids is 1. The second-order valence-corrected chi connectivity index (χ2v) is 13.7. The molecule has 47 heavy (non-hydrogen) atoms. The van der Waals surface area contributed by atoms with Gasteiger partial charge in [0.1, 0.15) is 5.82 Å². The van der Waals surface area contributed by atoms with Gasteiger partial charge in [-0.2, -0.15) is 13.2 Å². The van der Waals surface area contributed by atoms with Gasteiger partial charge in [-0.15, -0.1) is 0 Å². The van der Waals surface area contributed by atoms with Gasteiger partial charge in [0.25, 0.3) is 0 Å². The number of alkyl halides is 3. The van der Waals surface area contributed by atoms with Crippen molar-refractivity contribution in [3.8, 4) is 11.4 Å². The van der Waals surface area contributed by atoms with Gasteiger partial charge in [-0.1, -0.05) is 88.6 Å². The van der Waals surface area contributed by atoms with Crippen molar-refractivity contribution in [2.45, 2.75) is 83.6 Å². The third-order valence-electron chi connectivity index (χ3n) is 9.19. The number of nitrogens with zero attached hydrogens (tertiary/aromatic N) is 3. The van der Waals surface area contributed by atoms with Gasteiger partial charge in [0.05, 0.1) is 22.2 Å². The number of hydrogen-bond donors (Lipinski definition) is 1. The maximum absolute atomic E-state index is 13.5. The molecule has 1 saturated carbocycles. The summed E-state index contributed by atoms with van der Waals surface area (Å²) in [7, 11) is 0. The van der Waals surface area contributed by atoms with Crippen LogP contribution in [0.5, 0.6) is 0 Å². The van der Waals surface area contributed by atoms with Crippen LogP contribution in [0.1, 0.15) is 91.5 Å². The Hall–Kier alpha value is -4.59. The Morgan fingerprint density at radius 2 is 1.51 bits per heavy atom. The number of fused-ring (bicyclic) bond motifs is 1. The second-order valence-electron chi connectivity index (χ2n) is 13.7. The van der Waals surface area contributed by atoms with Crippen LogP contribution in [-0.4, -0.2) is 20.6 Å². The fourth-order valence-electron chi connectivity index (χ4n) is 6.60. The van der Waals surface area contributed by atoms with Crippen molar-refractivity contribution in [1.29, 1.82) is 0 Å². The van der Waals surface area contributed by atoms with Crippen LogP contribution in [0.2, 0.25) is 0 Å². The Balaban J connectivity index is 1.33. The van der Waals surface area contributed by atoms with Crippen LogP contribution in [0, 0.1) is 0 Å². The van der Waals surface area contributed by atoms with Gasteiger partial charge in [0.15, 0.2) is 0 Å². The predicted molar refractivity (Wildman–Crippen MR) is 181 cm³/mol. The van der Waals surface area contributed by atoms with Crippen LogP contribution in [0.3, 0.4) is 0 Å². The molecular formula is C39H40F3N3O2. The standard InChI is InChI=1S/C39H40F3N3O2/c1-38(2,3)30-17-19-32(20-18-30)44(25-27-8-7-9-31(22-27)39(40,41)42)24-26-12-14-28(15-13-26)36-43-34-23-29(37(46)47)16-21-35(34)45(36)33-10-5-4-6-11-33/h7-9,12-23,33H,4-6,10-11,24-25H2,1-3H3,(H,46,47). The van der Waals surface area contributed by atoms with Crippen molar-refractivity contribution in [1.82, 2.24) is 9.55 Å². The molecule has 5 nitrogen and oxygen atoms in total. The zero-order valence-corrected chi connectivity index (χ0v) is 27.0. The molecule has 0 radical (unpaired) electrons. The van der Waals surface area contributed by atoms with E-state index in [9.17, 15) is 23.1 Å². The van der Waals surface area contributed by atoms with Gasteiger partial charge in [-0.3, -0.25) is 0 Å². The normalized spacial score (nSPS) is 14.4. The van der Waals surface area contributed by atoms with Crippen LogP contribution in [-0.2, 0) is 24.7 Å². The fourth-order valence-corrected chi connectivity index (χ4v) is 6.60. The molecule has 1 heterocycles. The van der Waals surface area contributed by atoms with Crippen LogP contribution < -0.4 is 4.90 Å². The average molecular weight is 640 g/mol. The molecule has 0 bridgehead atoms. The average Bonchev–Trinajstić information content (AvgIpc) is 3.43. The number of aromatic nitrogens is 2. The maximum Gasteiger partial charge on any atom is 0.416 e. The summed E-state index contributed by atoms with van der Waals surface area (Å²) in [6.45, 7) is 7.25. The minimum atomic E-state index is -4.41. The van der Waals surface area contributed by atoms with Crippen LogP contribution in [0.15, 0.2) is 91.0 Å². The molecule has 0 spiro atoms. The van der Waals surface area contributed by atoms with Crippen molar-refractivity contribution in [3.05, 3.63) is 119 Å². The number of benzene rings is 4.